The van der Waals surface area contributed by atoms with Gasteiger partial charge in [-0.1, -0.05) is 12.1 Å². The number of anilines is 1. The van der Waals surface area contributed by atoms with Gasteiger partial charge in [-0.15, -0.1) is 23.1 Å². The molecule has 23 heavy (non-hydrogen) atoms. The van der Waals surface area contributed by atoms with E-state index in [1.54, 1.807) is 35.5 Å². The largest absolute Gasteiger partial charge is 0.322 e. The van der Waals surface area contributed by atoms with Gasteiger partial charge in [0.15, 0.2) is 0 Å². The van der Waals surface area contributed by atoms with E-state index >= 15 is 0 Å². The molecule has 0 aliphatic carbocycles. The van der Waals surface area contributed by atoms with Crippen molar-refractivity contribution in [2.24, 2.45) is 0 Å². The highest BCUT2D eigenvalue weighted by molar-refractivity contribution is 8.00. The quantitative estimate of drug-likeness (QED) is 0.665. The second kappa shape index (κ2) is 7.44. The van der Waals surface area contributed by atoms with Crippen molar-refractivity contribution in [3.63, 3.8) is 0 Å². The van der Waals surface area contributed by atoms with E-state index in [-0.39, 0.29) is 5.91 Å². The monoisotopic (exact) mass is 340 g/mol. The van der Waals surface area contributed by atoms with Crippen molar-refractivity contribution in [1.82, 2.24) is 4.98 Å². The molecule has 0 unspecified atom stereocenters. The van der Waals surface area contributed by atoms with Crippen LogP contribution in [0.1, 0.15) is 21.5 Å². The van der Waals surface area contributed by atoms with Gasteiger partial charge in [0.1, 0.15) is 0 Å². The molecule has 0 spiro atoms. The zero-order valence-electron chi connectivity index (χ0n) is 12.7. The average Bonchev–Trinajstić information content (AvgIpc) is 3.02. The molecule has 3 aromatic rings. The van der Waals surface area contributed by atoms with Gasteiger partial charge in [-0.3, -0.25) is 9.78 Å². The van der Waals surface area contributed by atoms with Gasteiger partial charge >= 0.3 is 0 Å². The predicted octanol–water partition coefficient (Wildman–Crippen LogP) is 5.00. The molecule has 0 atom stereocenters. The Morgan fingerprint density at radius 1 is 1.22 bits per heavy atom. The average molecular weight is 340 g/mol. The summed E-state index contributed by atoms with van der Waals surface area (Å²) in [5, 5.41) is 4.93. The van der Waals surface area contributed by atoms with Crippen LogP contribution in [0, 0.1) is 6.92 Å². The van der Waals surface area contributed by atoms with Gasteiger partial charge in [-0.2, -0.15) is 0 Å². The van der Waals surface area contributed by atoms with Crippen molar-refractivity contribution < 1.29 is 4.79 Å². The van der Waals surface area contributed by atoms with Crippen LogP contribution in [-0.4, -0.2) is 10.9 Å². The third-order valence-corrected chi connectivity index (χ3v) is 5.58. The van der Waals surface area contributed by atoms with E-state index in [1.165, 1.54) is 5.56 Å². The minimum absolute atomic E-state index is 0.0610. The molecule has 1 amide bonds. The SMILES string of the molecule is Cc1cccc(NC(=O)c2ccsc2SCc2ccncc2)c1. The van der Waals surface area contributed by atoms with Gasteiger partial charge in [0.05, 0.1) is 9.77 Å². The van der Waals surface area contributed by atoms with Crippen LogP contribution in [0.4, 0.5) is 5.69 Å². The summed E-state index contributed by atoms with van der Waals surface area (Å²) in [6.07, 6.45) is 3.57. The Balaban J connectivity index is 1.69. The topological polar surface area (TPSA) is 42.0 Å². The first-order valence-corrected chi connectivity index (χ1v) is 9.06. The number of carbonyl (C=O) groups is 1. The molecule has 2 heterocycles. The number of benzene rings is 1. The molecular formula is C18H16N2OS2. The van der Waals surface area contributed by atoms with Crippen LogP contribution in [0.15, 0.2) is 64.4 Å². The van der Waals surface area contributed by atoms with Crippen LogP contribution in [-0.2, 0) is 5.75 Å². The highest BCUT2D eigenvalue weighted by Gasteiger charge is 2.13. The Morgan fingerprint density at radius 3 is 2.83 bits per heavy atom. The number of nitrogens with zero attached hydrogens (tertiary/aromatic N) is 1. The van der Waals surface area contributed by atoms with Crippen LogP contribution in [0.3, 0.4) is 0 Å². The lowest BCUT2D eigenvalue weighted by molar-refractivity contribution is 0.102. The van der Waals surface area contributed by atoms with Crippen LogP contribution in [0.25, 0.3) is 0 Å². The number of aromatic nitrogens is 1. The number of rotatable bonds is 5. The lowest BCUT2D eigenvalue weighted by atomic mass is 10.2. The van der Waals surface area contributed by atoms with E-state index in [1.807, 2.05) is 54.8 Å². The number of amides is 1. The summed E-state index contributed by atoms with van der Waals surface area (Å²) in [6, 6.07) is 13.7. The van der Waals surface area contributed by atoms with Crippen molar-refractivity contribution in [3.05, 3.63) is 76.9 Å². The lowest BCUT2D eigenvalue weighted by Gasteiger charge is -2.07. The van der Waals surface area contributed by atoms with E-state index in [9.17, 15) is 4.79 Å². The third-order valence-electron chi connectivity index (χ3n) is 3.27. The third kappa shape index (κ3) is 4.21. The molecule has 0 fully saturated rings. The number of hydrogen-bond acceptors (Lipinski definition) is 4. The van der Waals surface area contributed by atoms with Gasteiger partial charge in [-0.25, -0.2) is 0 Å². The molecule has 3 rings (SSSR count). The Hall–Kier alpha value is -2.11. The second-order valence-electron chi connectivity index (χ2n) is 5.09. The first-order chi connectivity index (χ1) is 11.2. The number of nitrogens with one attached hydrogen (secondary N) is 1. The van der Waals surface area contributed by atoms with Crippen LogP contribution in [0.2, 0.25) is 0 Å². The number of thioether (sulfide) groups is 1. The van der Waals surface area contributed by atoms with Gasteiger partial charge in [0.2, 0.25) is 0 Å². The molecule has 2 aromatic heterocycles. The predicted molar refractivity (Wildman–Crippen MR) is 97.2 cm³/mol. The molecule has 116 valence electrons. The lowest BCUT2D eigenvalue weighted by Crippen LogP contribution is -2.11. The van der Waals surface area contributed by atoms with E-state index in [2.05, 4.69) is 10.3 Å². The first-order valence-electron chi connectivity index (χ1n) is 7.19. The van der Waals surface area contributed by atoms with Crippen molar-refractivity contribution in [2.45, 2.75) is 16.9 Å². The molecule has 1 N–H and O–H groups in total. The number of carbonyl (C=O) groups excluding carboxylic acids is 1. The molecular weight excluding hydrogens is 324 g/mol. The van der Waals surface area contributed by atoms with Crippen LogP contribution < -0.4 is 5.32 Å². The molecule has 5 heteroatoms. The summed E-state index contributed by atoms with van der Waals surface area (Å²) in [5.41, 5.74) is 3.88. The normalized spacial score (nSPS) is 10.5. The van der Waals surface area contributed by atoms with Crippen LogP contribution in [0.5, 0.6) is 0 Å². The summed E-state index contributed by atoms with van der Waals surface area (Å²) >= 11 is 3.28. The standard InChI is InChI=1S/C18H16N2OS2/c1-13-3-2-4-15(11-13)20-17(21)16-7-10-22-18(16)23-12-14-5-8-19-9-6-14/h2-11H,12H2,1H3,(H,20,21). The van der Waals surface area contributed by atoms with Crippen molar-refractivity contribution in [1.29, 1.82) is 0 Å². The maximum Gasteiger partial charge on any atom is 0.257 e. The minimum atomic E-state index is -0.0610. The zero-order chi connectivity index (χ0) is 16.1. The van der Waals surface area contributed by atoms with Crippen molar-refractivity contribution in [3.8, 4) is 0 Å². The Kier molecular flexibility index (Phi) is 5.10. The molecule has 1 aromatic carbocycles. The summed E-state index contributed by atoms with van der Waals surface area (Å²) in [5.74, 6) is 0.766. The molecule has 3 nitrogen and oxygen atoms in total. The molecule has 0 radical (unpaired) electrons. The Bertz CT molecular complexity index is 800. The number of pyridine rings is 1. The molecule has 0 aliphatic heterocycles. The van der Waals surface area contributed by atoms with Gasteiger partial charge < -0.3 is 5.32 Å². The van der Waals surface area contributed by atoms with E-state index < -0.39 is 0 Å². The van der Waals surface area contributed by atoms with Gasteiger partial charge in [-0.05, 0) is 53.8 Å². The van der Waals surface area contributed by atoms with Crippen LogP contribution >= 0.6 is 23.1 Å². The maximum atomic E-state index is 12.5. The smallest absolute Gasteiger partial charge is 0.257 e. The first kappa shape index (κ1) is 15.8. The van der Waals surface area contributed by atoms with Crippen molar-refractivity contribution in [2.75, 3.05) is 5.32 Å². The van der Waals surface area contributed by atoms with E-state index in [4.69, 9.17) is 0 Å². The van der Waals surface area contributed by atoms with E-state index in [0.717, 1.165) is 26.8 Å². The van der Waals surface area contributed by atoms with E-state index in [0.29, 0.717) is 0 Å². The van der Waals surface area contributed by atoms with Gasteiger partial charge in [0.25, 0.3) is 5.91 Å². The molecule has 0 saturated heterocycles. The Labute approximate surface area is 143 Å². The highest BCUT2D eigenvalue weighted by Crippen LogP contribution is 2.31. The highest BCUT2D eigenvalue weighted by atomic mass is 32.2. The summed E-state index contributed by atoms with van der Waals surface area (Å²) in [4.78, 5) is 16.5. The van der Waals surface area contributed by atoms with Crippen molar-refractivity contribution >= 4 is 34.7 Å². The molecule has 0 bridgehead atoms. The number of thiophene rings is 1. The fourth-order valence-electron chi connectivity index (χ4n) is 2.12. The molecule has 0 saturated carbocycles. The minimum Gasteiger partial charge on any atom is -0.322 e. The summed E-state index contributed by atoms with van der Waals surface area (Å²) in [6.45, 7) is 2.01. The fourth-order valence-corrected chi connectivity index (χ4v) is 4.16. The van der Waals surface area contributed by atoms with Gasteiger partial charge in [0, 0.05) is 23.8 Å². The fraction of sp³-hybridized carbons (Fsp3) is 0.111. The number of hydrogen-bond donors (Lipinski definition) is 1. The Morgan fingerprint density at radius 2 is 2.04 bits per heavy atom. The zero-order valence-corrected chi connectivity index (χ0v) is 14.3. The summed E-state index contributed by atoms with van der Waals surface area (Å²) in [7, 11) is 0. The molecule has 0 aliphatic rings. The number of aryl methyl sites for hydroxylation is 1. The second-order valence-corrected chi connectivity index (χ2v) is 7.25. The maximum absolute atomic E-state index is 12.5. The summed E-state index contributed by atoms with van der Waals surface area (Å²) < 4.78 is 1.03.